The van der Waals surface area contributed by atoms with Crippen molar-refractivity contribution in [3.63, 3.8) is 0 Å². The van der Waals surface area contributed by atoms with Gasteiger partial charge in [0.1, 0.15) is 5.84 Å². The molecular weight excluding hydrogens is 308 g/mol. The van der Waals surface area contributed by atoms with Gasteiger partial charge in [-0.1, -0.05) is 35.9 Å². The number of halogens is 1. The van der Waals surface area contributed by atoms with Crippen molar-refractivity contribution in [3.05, 3.63) is 70.2 Å². The fourth-order valence-electron chi connectivity index (χ4n) is 2.95. The van der Waals surface area contributed by atoms with Crippen molar-refractivity contribution in [3.8, 4) is 0 Å². The van der Waals surface area contributed by atoms with Crippen LogP contribution in [-0.2, 0) is 0 Å². The minimum atomic E-state index is -0.00410. The number of aliphatic imine (C=N–C) groups is 1. The minimum absolute atomic E-state index is 0.00410. The van der Waals surface area contributed by atoms with Gasteiger partial charge in [-0.2, -0.15) is 0 Å². The van der Waals surface area contributed by atoms with E-state index in [1.807, 2.05) is 24.3 Å². The van der Waals surface area contributed by atoms with E-state index in [1.54, 1.807) is 24.3 Å². The van der Waals surface area contributed by atoms with Crippen LogP contribution in [0.1, 0.15) is 35.3 Å². The van der Waals surface area contributed by atoms with Crippen LogP contribution in [0.5, 0.6) is 0 Å². The topological polar surface area (TPSA) is 32.7 Å². The van der Waals surface area contributed by atoms with Crippen LogP contribution in [0, 0.1) is 0 Å². The number of hydrogen-bond acceptors (Lipinski definition) is 3. The Hall–Kier alpha value is -2.13. The lowest BCUT2D eigenvalue weighted by Crippen LogP contribution is -2.35. The Bertz CT molecular complexity index is 752. The maximum absolute atomic E-state index is 12.9. The van der Waals surface area contributed by atoms with Crippen molar-refractivity contribution in [1.82, 2.24) is 4.90 Å². The average Bonchev–Trinajstić information content (AvgIpc) is 2.95. The van der Waals surface area contributed by atoms with Gasteiger partial charge in [-0.05, 0) is 38.1 Å². The smallest absolute Gasteiger partial charge is 0.193 e. The molecule has 1 aliphatic rings. The first-order chi connectivity index (χ1) is 11.1. The average molecular weight is 327 g/mol. The lowest BCUT2D eigenvalue weighted by Gasteiger charge is -2.24. The van der Waals surface area contributed by atoms with E-state index in [0.29, 0.717) is 22.2 Å². The Kier molecular flexibility index (Phi) is 4.49. The Morgan fingerprint density at radius 3 is 2.61 bits per heavy atom. The van der Waals surface area contributed by atoms with Crippen LogP contribution in [-0.4, -0.2) is 35.7 Å². The summed E-state index contributed by atoms with van der Waals surface area (Å²) in [5.41, 5.74) is 2.22. The van der Waals surface area contributed by atoms with Crippen LogP contribution in [0.4, 0.5) is 0 Å². The molecule has 1 unspecified atom stereocenters. The first-order valence-electron chi connectivity index (χ1n) is 7.82. The predicted octanol–water partition coefficient (Wildman–Crippen LogP) is 4.04. The van der Waals surface area contributed by atoms with E-state index in [2.05, 4.69) is 23.7 Å². The van der Waals surface area contributed by atoms with Gasteiger partial charge in [-0.25, -0.2) is 0 Å². The lowest BCUT2D eigenvalue weighted by atomic mass is 9.97. The standard InChI is InChI=1S/C19H19ClN2O/c1-3-22-13(2)12-21-19(22)17-7-5-4-6-16(17)18(23)14-8-10-15(20)11-9-14/h4-11,13H,3,12H2,1-2H3. The Morgan fingerprint density at radius 2 is 1.91 bits per heavy atom. The highest BCUT2D eigenvalue weighted by Gasteiger charge is 2.26. The molecule has 2 aromatic rings. The molecule has 0 aliphatic carbocycles. The molecule has 118 valence electrons. The van der Waals surface area contributed by atoms with Crippen LogP contribution >= 0.6 is 11.6 Å². The molecule has 1 atom stereocenters. The number of benzene rings is 2. The summed E-state index contributed by atoms with van der Waals surface area (Å²) < 4.78 is 0. The van der Waals surface area contributed by atoms with E-state index in [0.717, 1.165) is 24.5 Å². The number of nitrogens with zero attached hydrogens (tertiary/aromatic N) is 2. The highest BCUT2D eigenvalue weighted by molar-refractivity contribution is 6.30. The SMILES string of the molecule is CCN1C(c2ccccc2C(=O)c2ccc(Cl)cc2)=NCC1C. The van der Waals surface area contributed by atoms with Gasteiger partial charge < -0.3 is 4.90 Å². The van der Waals surface area contributed by atoms with Crippen LogP contribution in [0.25, 0.3) is 0 Å². The van der Waals surface area contributed by atoms with E-state index in [1.165, 1.54) is 0 Å². The molecule has 2 aromatic carbocycles. The van der Waals surface area contributed by atoms with Crippen LogP contribution in [0.2, 0.25) is 5.02 Å². The van der Waals surface area contributed by atoms with Crippen molar-refractivity contribution >= 4 is 23.2 Å². The summed E-state index contributed by atoms with van der Waals surface area (Å²) >= 11 is 5.91. The van der Waals surface area contributed by atoms with Crippen molar-refractivity contribution in [1.29, 1.82) is 0 Å². The predicted molar refractivity (Wildman–Crippen MR) is 94.6 cm³/mol. The summed E-state index contributed by atoms with van der Waals surface area (Å²) in [7, 11) is 0. The van der Waals surface area contributed by atoms with Gasteiger partial charge in [0.15, 0.2) is 5.78 Å². The lowest BCUT2D eigenvalue weighted by molar-refractivity contribution is 0.103. The van der Waals surface area contributed by atoms with E-state index < -0.39 is 0 Å². The van der Waals surface area contributed by atoms with Crippen molar-refractivity contribution < 1.29 is 4.79 Å². The fraction of sp³-hybridized carbons (Fsp3) is 0.263. The molecule has 0 aromatic heterocycles. The molecule has 0 amide bonds. The van der Waals surface area contributed by atoms with Gasteiger partial charge in [-0.15, -0.1) is 0 Å². The third-order valence-corrected chi connectivity index (χ3v) is 4.42. The molecule has 0 saturated heterocycles. The number of amidine groups is 1. The maximum Gasteiger partial charge on any atom is 0.193 e. The highest BCUT2D eigenvalue weighted by Crippen LogP contribution is 2.22. The van der Waals surface area contributed by atoms with Gasteiger partial charge in [0.25, 0.3) is 0 Å². The summed E-state index contributed by atoms with van der Waals surface area (Å²) in [6, 6.07) is 15.1. The Balaban J connectivity index is 2.02. The molecule has 0 fully saturated rings. The van der Waals surface area contributed by atoms with E-state index >= 15 is 0 Å². The Labute approximate surface area is 141 Å². The number of carbonyl (C=O) groups is 1. The molecule has 0 spiro atoms. The van der Waals surface area contributed by atoms with Gasteiger partial charge in [0, 0.05) is 34.3 Å². The highest BCUT2D eigenvalue weighted by atomic mass is 35.5. The number of hydrogen-bond donors (Lipinski definition) is 0. The van der Waals surface area contributed by atoms with E-state index in [-0.39, 0.29) is 5.78 Å². The quantitative estimate of drug-likeness (QED) is 0.794. The number of ketones is 1. The zero-order valence-electron chi connectivity index (χ0n) is 13.3. The second-order valence-corrected chi connectivity index (χ2v) is 6.12. The molecule has 1 heterocycles. The summed E-state index contributed by atoms with van der Waals surface area (Å²) in [4.78, 5) is 19.8. The van der Waals surface area contributed by atoms with Crippen molar-refractivity contribution in [2.45, 2.75) is 19.9 Å². The molecule has 3 nitrogen and oxygen atoms in total. The molecule has 3 rings (SSSR count). The van der Waals surface area contributed by atoms with Crippen LogP contribution in [0.3, 0.4) is 0 Å². The van der Waals surface area contributed by atoms with Crippen molar-refractivity contribution in [2.24, 2.45) is 4.99 Å². The second kappa shape index (κ2) is 6.55. The minimum Gasteiger partial charge on any atom is -0.352 e. The number of rotatable bonds is 4. The molecular formula is C19H19ClN2O. The molecule has 4 heteroatoms. The van der Waals surface area contributed by atoms with Gasteiger partial charge in [-0.3, -0.25) is 9.79 Å². The number of likely N-dealkylation sites (N-methyl/N-ethyl adjacent to an activating group) is 1. The van der Waals surface area contributed by atoms with E-state index in [9.17, 15) is 4.79 Å². The first-order valence-corrected chi connectivity index (χ1v) is 8.20. The summed E-state index contributed by atoms with van der Waals surface area (Å²) in [6.07, 6.45) is 0. The largest absolute Gasteiger partial charge is 0.352 e. The molecule has 0 N–H and O–H groups in total. The van der Waals surface area contributed by atoms with Crippen LogP contribution < -0.4 is 0 Å². The molecule has 23 heavy (non-hydrogen) atoms. The zero-order chi connectivity index (χ0) is 16.4. The normalized spacial score (nSPS) is 17.3. The van der Waals surface area contributed by atoms with Gasteiger partial charge in [0.05, 0.1) is 6.54 Å². The third-order valence-electron chi connectivity index (χ3n) is 4.17. The Morgan fingerprint density at radius 1 is 1.22 bits per heavy atom. The van der Waals surface area contributed by atoms with Gasteiger partial charge in [0.2, 0.25) is 0 Å². The summed E-state index contributed by atoms with van der Waals surface area (Å²) in [5.74, 6) is 0.911. The maximum atomic E-state index is 12.9. The van der Waals surface area contributed by atoms with Crippen molar-refractivity contribution in [2.75, 3.05) is 13.1 Å². The zero-order valence-corrected chi connectivity index (χ0v) is 14.0. The molecule has 0 saturated carbocycles. The summed E-state index contributed by atoms with van der Waals surface area (Å²) in [6.45, 7) is 5.92. The molecule has 0 bridgehead atoms. The molecule has 1 aliphatic heterocycles. The van der Waals surface area contributed by atoms with E-state index in [4.69, 9.17) is 11.6 Å². The van der Waals surface area contributed by atoms with Crippen LogP contribution in [0.15, 0.2) is 53.5 Å². The van der Waals surface area contributed by atoms with Gasteiger partial charge >= 0.3 is 0 Å². The monoisotopic (exact) mass is 326 g/mol. The summed E-state index contributed by atoms with van der Waals surface area (Å²) in [5, 5.41) is 0.626. The third kappa shape index (κ3) is 3.02. The fourth-order valence-corrected chi connectivity index (χ4v) is 3.08. The second-order valence-electron chi connectivity index (χ2n) is 5.68. The first kappa shape index (κ1) is 15.8. The molecule has 0 radical (unpaired) electrons. The number of carbonyl (C=O) groups excluding carboxylic acids is 1.